The highest BCUT2D eigenvalue weighted by atomic mass is 16.5. The van der Waals surface area contributed by atoms with Gasteiger partial charge in [-0.05, 0) is 19.8 Å². The Morgan fingerprint density at radius 3 is 1.20 bits per heavy atom. The Kier molecular flexibility index (Phi) is 44.1. The lowest BCUT2D eigenvalue weighted by Gasteiger charge is -1.97. The number of hydrogen-bond acceptors (Lipinski definition) is 9. The van der Waals surface area contributed by atoms with Crippen molar-refractivity contribution in [2.24, 2.45) is 0 Å². The van der Waals surface area contributed by atoms with Crippen LogP contribution in [0.15, 0.2) is 63.3 Å². The van der Waals surface area contributed by atoms with E-state index in [1.165, 1.54) is 13.2 Å². The van der Waals surface area contributed by atoms with Gasteiger partial charge in [0.2, 0.25) is 0 Å². The van der Waals surface area contributed by atoms with Crippen LogP contribution in [-0.2, 0) is 42.9 Å². The molecule has 0 aliphatic heterocycles. The van der Waals surface area contributed by atoms with Gasteiger partial charge in [0.25, 0.3) is 0 Å². The topological polar surface area (TPSA) is 142 Å². The van der Waals surface area contributed by atoms with Gasteiger partial charge in [-0.2, -0.15) is 0 Å². The van der Waals surface area contributed by atoms with E-state index in [2.05, 4.69) is 51.8 Å². The molecule has 10 heteroatoms. The first kappa shape index (κ1) is 41.3. The fraction of sp³-hybridized carbons (Fsp3) is 0.400. The average Bonchev–Trinajstić information content (AvgIpc) is 2.88. The van der Waals surface area contributed by atoms with E-state index < -0.39 is 11.9 Å². The summed E-state index contributed by atoms with van der Waals surface area (Å²) < 4.78 is 17.8. The minimum atomic E-state index is -0.981. The highest BCUT2D eigenvalue weighted by Gasteiger charge is 1.91. The number of aliphatic carboxylic acids is 1. The Hall–Kier alpha value is -3.95. The summed E-state index contributed by atoms with van der Waals surface area (Å²) in [4.78, 5) is 49.7. The molecule has 35 heavy (non-hydrogen) atoms. The van der Waals surface area contributed by atoms with E-state index in [1.807, 2.05) is 13.8 Å². The fourth-order valence-electron chi connectivity index (χ4n) is 0.922. The zero-order valence-electron chi connectivity index (χ0n) is 21.3. The van der Waals surface area contributed by atoms with Gasteiger partial charge in [-0.1, -0.05) is 53.2 Å². The van der Waals surface area contributed by atoms with Crippen LogP contribution in [-0.4, -0.2) is 61.9 Å². The lowest BCUT2D eigenvalue weighted by atomic mass is 10.4. The summed E-state index contributed by atoms with van der Waals surface area (Å²) >= 11 is 0. The lowest BCUT2D eigenvalue weighted by molar-refractivity contribution is -0.138. The number of esters is 4. The Balaban J connectivity index is -0.000000109. The van der Waals surface area contributed by atoms with Gasteiger partial charge in [-0.3, -0.25) is 0 Å². The zero-order chi connectivity index (χ0) is 28.5. The van der Waals surface area contributed by atoms with Gasteiger partial charge in [0.15, 0.2) is 0 Å². The second kappa shape index (κ2) is 37.4. The minimum Gasteiger partial charge on any atom is -0.478 e. The lowest BCUT2D eigenvalue weighted by Crippen LogP contribution is -2.00. The van der Waals surface area contributed by atoms with Crippen LogP contribution >= 0.6 is 0 Å². The van der Waals surface area contributed by atoms with Gasteiger partial charge in [0, 0.05) is 30.4 Å². The summed E-state index contributed by atoms with van der Waals surface area (Å²) in [6.45, 7) is 23.0. The number of hydrogen-bond donors (Lipinski definition) is 1. The van der Waals surface area contributed by atoms with Crippen LogP contribution in [0, 0.1) is 0 Å². The SMILES string of the molecule is C=CC(=O)O.C=CC(=O)OC.C=CC(=O)OCC.C=CC(=O)OCCC.C=CC(=O)OCCCC. The molecular weight excluding hydrogens is 460 g/mol. The Morgan fingerprint density at radius 1 is 0.629 bits per heavy atom. The second-order valence-corrected chi connectivity index (χ2v) is 5.32. The third-order valence-corrected chi connectivity index (χ3v) is 2.52. The third kappa shape index (κ3) is 58.8. The highest BCUT2D eigenvalue weighted by Crippen LogP contribution is 1.88. The van der Waals surface area contributed by atoms with Crippen LogP contribution in [0.4, 0.5) is 0 Å². The molecule has 0 bridgehead atoms. The van der Waals surface area contributed by atoms with Crippen LogP contribution in [0.2, 0.25) is 0 Å². The predicted molar refractivity (Wildman–Crippen MR) is 134 cm³/mol. The molecule has 0 atom stereocenters. The van der Waals surface area contributed by atoms with Crippen LogP contribution in [0.3, 0.4) is 0 Å². The molecule has 10 nitrogen and oxygen atoms in total. The van der Waals surface area contributed by atoms with Gasteiger partial charge in [-0.15, -0.1) is 0 Å². The molecule has 0 aliphatic rings. The van der Waals surface area contributed by atoms with Gasteiger partial charge in [0.05, 0.1) is 26.9 Å². The molecule has 0 saturated heterocycles. The Labute approximate surface area is 208 Å². The molecule has 0 fully saturated rings. The summed E-state index contributed by atoms with van der Waals surface area (Å²) in [5, 5.41) is 7.60. The van der Waals surface area contributed by atoms with E-state index in [1.54, 1.807) is 6.92 Å². The summed E-state index contributed by atoms with van der Waals surface area (Å²) in [6, 6.07) is 0. The summed E-state index contributed by atoms with van der Waals surface area (Å²) in [5.74, 6) is -2.40. The Morgan fingerprint density at radius 2 is 1.00 bits per heavy atom. The third-order valence-electron chi connectivity index (χ3n) is 2.52. The first-order valence-electron chi connectivity index (χ1n) is 10.4. The number of carboxylic acids is 1. The first-order valence-corrected chi connectivity index (χ1v) is 10.4. The summed E-state index contributed by atoms with van der Waals surface area (Å²) in [7, 11) is 1.31. The number of unbranched alkanes of at least 4 members (excludes halogenated alkanes) is 1. The van der Waals surface area contributed by atoms with Gasteiger partial charge >= 0.3 is 29.8 Å². The number of carbonyl (C=O) groups is 5. The maximum atomic E-state index is 10.3. The molecule has 0 aliphatic carbocycles. The Bertz CT molecular complexity index is 636. The average molecular weight is 501 g/mol. The van der Waals surface area contributed by atoms with Crippen molar-refractivity contribution in [2.75, 3.05) is 26.9 Å². The molecule has 0 radical (unpaired) electrons. The van der Waals surface area contributed by atoms with Crippen LogP contribution in [0.1, 0.15) is 40.0 Å². The number of carbonyl (C=O) groups excluding carboxylic acids is 4. The van der Waals surface area contributed by atoms with Gasteiger partial charge in [-0.25, -0.2) is 24.0 Å². The molecule has 200 valence electrons. The maximum absolute atomic E-state index is 10.3. The second-order valence-electron chi connectivity index (χ2n) is 5.32. The van der Waals surface area contributed by atoms with Crippen molar-refractivity contribution in [1.82, 2.24) is 0 Å². The van der Waals surface area contributed by atoms with E-state index in [0.29, 0.717) is 19.8 Å². The van der Waals surface area contributed by atoms with Crippen molar-refractivity contribution < 1.29 is 48.0 Å². The van der Waals surface area contributed by atoms with E-state index in [-0.39, 0.29) is 17.9 Å². The van der Waals surface area contributed by atoms with Crippen molar-refractivity contribution >= 4 is 29.8 Å². The van der Waals surface area contributed by atoms with Crippen LogP contribution in [0.25, 0.3) is 0 Å². The zero-order valence-corrected chi connectivity index (χ0v) is 21.3. The van der Waals surface area contributed by atoms with Crippen molar-refractivity contribution in [3.8, 4) is 0 Å². The number of rotatable bonds is 11. The molecular formula is C25H40O10. The van der Waals surface area contributed by atoms with Crippen molar-refractivity contribution in [2.45, 2.75) is 40.0 Å². The van der Waals surface area contributed by atoms with E-state index in [9.17, 15) is 24.0 Å². The first-order chi connectivity index (χ1) is 16.5. The summed E-state index contributed by atoms with van der Waals surface area (Å²) in [5.41, 5.74) is 0. The van der Waals surface area contributed by atoms with E-state index >= 15 is 0 Å². The molecule has 0 aromatic rings. The molecule has 0 aromatic heterocycles. The van der Waals surface area contributed by atoms with Crippen molar-refractivity contribution in [1.29, 1.82) is 0 Å². The fourth-order valence-corrected chi connectivity index (χ4v) is 0.922. The molecule has 1 N–H and O–H groups in total. The molecule has 0 spiro atoms. The number of ether oxygens (including phenoxy) is 4. The monoisotopic (exact) mass is 500 g/mol. The van der Waals surface area contributed by atoms with Crippen molar-refractivity contribution in [3.05, 3.63) is 63.3 Å². The van der Waals surface area contributed by atoms with Gasteiger partial charge < -0.3 is 24.1 Å². The van der Waals surface area contributed by atoms with E-state index in [0.717, 1.165) is 43.6 Å². The molecule has 0 heterocycles. The highest BCUT2D eigenvalue weighted by molar-refractivity contribution is 5.82. The quantitative estimate of drug-likeness (QED) is 0.191. The molecule has 0 aromatic carbocycles. The molecule has 0 saturated carbocycles. The number of methoxy groups -OCH3 is 1. The maximum Gasteiger partial charge on any atom is 0.330 e. The smallest absolute Gasteiger partial charge is 0.330 e. The standard InChI is InChI=1S/C7H12O2.C6H10O2.C5H8O2.C4H6O2.C3H4O2/c1-3-5-6-9-7(8)4-2;1-3-5-8-6(7)4-2;1-3-5(6)7-4-2;1-3-4(5)6-2;1-2-3(4)5/h4H,2-3,5-6H2,1H3;4H,2-3,5H2,1H3;3H,1,4H2,2H3;3H,1H2,2H3;2H,1H2,(H,4,5). The molecule has 0 rings (SSSR count). The van der Waals surface area contributed by atoms with E-state index in [4.69, 9.17) is 5.11 Å². The van der Waals surface area contributed by atoms with Crippen LogP contribution in [0.5, 0.6) is 0 Å². The number of carboxylic acid groups (broad SMARTS) is 1. The molecule has 0 unspecified atom stereocenters. The largest absolute Gasteiger partial charge is 0.478 e. The predicted octanol–water partition coefficient (Wildman–Crippen LogP) is 3.98. The normalized spacial score (nSPS) is 7.66. The van der Waals surface area contributed by atoms with Crippen molar-refractivity contribution in [3.63, 3.8) is 0 Å². The van der Waals surface area contributed by atoms with Crippen LogP contribution < -0.4 is 0 Å². The van der Waals surface area contributed by atoms with Gasteiger partial charge in [0.1, 0.15) is 0 Å². The molecule has 0 amide bonds. The summed E-state index contributed by atoms with van der Waals surface area (Å²) in [6.07, 6.45) is 8.26. The minimum absolute atomic E-state index is 0.330.